The van der Waals surface area contributed by atoms with Gasteiger partial charge in [0.1, 0.15) is 22.9 Å². The summed E-state index contributed by atoms with van der Waals surface area (Å²) in [4.78, 5) is 41.7. The number of benzene rings is 1. The highest BCUT2D eigenvalue weighted by Gasteiger charge is 2.45. The van der Waals surface area contributed by atoms with E-state index in [0.717, 1.165) is 11.6 Å². The molecule has 3 aliphatic rings. The van der Waals surface area contributed by atoms with Crippen LogP contribution in [0, 0.1) is 0 Å². The van der Waals surface area contributed by atoms with Crippen molar-refractivity contribution in [2.24, 2.45) is 5.16 Å². The van der Waals surface area contributed by atoms with Gasteiger partial charge in [0.2, 0.25) is 0 Å². The van der Waals surface area contributed by atoms with Gasteiger partial charge in [0, 0.05) is 70.4 Å². The summed E-state index contributed by atoms with van der Waals surface area (Å²) in [6.45, 7) is 3.50. The van der Waals surface area contributed by atoms with E-state index in [4.69, 9.17) is 21.2 Å². The van der Waals surface area contributed by atoms with E-state index < -0.39 is 5.60 Å². The predicted octanol–water partition coefficient (Wildman–Crippen LogP) is 3.24. The van der Waals surface area contributed by atoms with Crippen molar-refractivity contribution in [1.82, 2.24) is 14.8 Å². The van der Waals surface area contributed by atoms with Crippen molar-refractivity contribution in [2.75, 3.05) is 56.6 Å². The number of hydrogen-bond acceptors (Lipinski definition) is 7. The number of aromatic nitrogens is 1. The minimum absolute atomic E-state index is 0.0849. The number of amides is 3. The Balaban J connectivity index is 1.10. The topological polar surface area (TPSA) is 99.6 Å². The molecule has 2 saturated heterocycles. The molecule has 3 amide bonds. The van der Waals surface area contributed by atoms with Crippen molar-refractivity contribution in [3.8, 4) is 5.75 Å². The Kier molecular flexibility index (Phi) is 6.86. The summed E-state index contributed by atoms with van der Waals surface area (Å²) in [6.07, 6.45) is 3.42. The molecule has 3 aliphatic heterocycles. The molecule has 10 nitrogen and oxygen atoms in total. The van der Waals surface area contributed by atoms with E-state index in [9.17, 15) is 9.59 Å². The highest BCUT2D eigenvalue weighted by molar-refractivity contribution is 6.39. The molecule has 1 spiro atoms. The molecular formula is C25H29ClN6O4. The van der Waals surface area contributed by atoms with Crippen LogP contribution in [0.1, 0.15) is 19.3 Å². The quantitative estimate of drug-likeness (QED) is 0.675. The third kappa shape index (κ3) is 5.04. The molecule has 0 atom stereocenters. The number of carbonyl (C=O) groups is 2. The van der Waals surface area contributed by atoms with Gasteiger partial charge in [0.15, 0.2) is 0 Å². The zero-order valence-electron chi connectivity index (χ0n) is 20.2. The lowest BCUT2D eigenvalue weighted by atomic mass is 9.86. The molecule has 0 saturated carbocycles. The second-order valence-electron chi connectivity index (χ2n) is 9.22. The van der Waals surface area contributed by atoms with Crippen molar-refractivity contribution in [3.63, 3.8) is 0 Å². The van der Waals surface area contributed by atoms with Gasteiger partial charge in [-0.2, -0.15) is 0 Å². The second-order valence-corrected chi connectivity index (χ2v) is 9.63. The maximum atomic E-state index is 13.1. The molecule has 1 N–H and O–H groups in total. The van der Waals surface area contributed by atoms with Crippen LogP contribution in [0.4, 0.5) is 16.3 Å². The summed E-state index contributed by atoms with van der Waals surface area (Å²) in [5.41, 5.74) is 0.640. The number of anilines is 2. The number of rotatable bonds is 4. The third-order valence-corrected chi connectivity index (χ3v) is 7.29. The number of halogens is 1. The number of ether oxygens (including phenoxy) is 1. The summed E-state index contributed by atoms with van der Waals surface area (Å²) in [7, 11) is 1.60. The van der Waals surface area contributed by atoms with Gasteiger partial charge in [-0.1, -0.05) is 16.8 Å². The molecule has 5 rings (SSSR count). The first-order valence-corrected chi connectivity index (χ1v) is 12.4. The fourth-order valence-corrected chi connectivity index (χ4v) is 5.05. The minimum Gasteiger partial charge on any atom is -0.497 e. The number of methoxy groups -OCH3 is 1. The Labute approximate surface area is 214 Å². The fourth-order valence-electron chi connectivity index (χ4n) is 4.81. The molecule has 1 aromatic heterocycles. The van der Waals surface area contributed by atoms with Crippen molar-refractivity contribution in [3.05, 3.63) is 47.6 Å². The van der Waals surface area contributed by atoms with Crippen molar-refractivity contribution in [2.45, 2.75) is 24.9 Å². The van der Waals surface area contributed by atoms with Crippen molar-refractivity contribution in [1.29, 1.82) is 0 Å². The second kappa shape index (κ2) is 10.2. The molecule has 11 heteroatoms. The molecular weight excluding hydrogens is 484 g/mol. The largest absolute Gasteiger partial charge is 0.497 e. The molecule has 1 aromatic carbocycles. The van der Waals surface area contributed by atoms with Crippen LogP contribution < -0.4 is 15.0 Å². The van der Waals surface area contributed by atoms with Crippen LogP contribution in [0.15, 0.2) is 47.8 Å². The Morgan fingerprint density at radius 2 is 1.75 bits per heavy atom. The number of carbonyl (C=O) groups excluding carboxylic acids is 2. The molecule has 0 bridgehead atoms. The number of nitrogens with one attached hydrogen (secondary N) is 1. The average molecular weight is 513 g/mol. The first-order chi connectivity index (χ1) is 17.5. The van der Waals surface area contributed by atoms with Gasteiger partial charge in [-0.3, -0.25) is 4.79 Å². The summed E-state index contributed by atoms with van der Waals surface area (Å²) >= 11 is 6.27. The lowest BCUT2D eigenvalue weighted by molar-refractivity contribution is -0.124. The van der Waals surface area contributed by atoms with E-state index in [2.05, 4.69) is 20.4 Å². The number of urea groups is 1. The zero-order chi connectivity index (χ0) is 25.1. The van der Waals surface area contributed by atoms with Crippen LogP contribution in [0.5, 0.6) is 5.75 Å². The Bertz CT molecular complexity index is 1140. The summed E-state index contributed by atoms with van der Waals surface area (Å²) < 4.78 is 5.15. The third-order valence-electron chi connectivity index (χ3n) is 6.99. The van der Waals surface area contributed by atoms with E-state index >= 15 is 0 Å². The van der Waals surface area contributed by atoms with Gasteiger partial charge in [-0.15, -0.1) is 0 Å². The van der Waals surface area contributed by atoms with Crippen molar-refractivity contribution < 1.29 is 19.2 Å². The Morgan fingerprint density at radius 3 is 2.42 bits per heavy atom. The van der Waals surface area contributed by atoms with E-state index in [1.807, 2.05) is 11.0 Å². The molecule has 2 fully saturated rings. The summed E-state index contributed by atoms with van der Waals surface area (Å²) in [5.74, 6) is 1.39. The van der Waals surface area contributed by atoms with Gasteiger partial charge < -0.3 is 29.6 Å². The molecule has 0 radical (unpaired) electrons. The van der Waals surface area contributed by atoms with Gasteiger partial charge in [0.05, 0.1) is 12.1 Å². The number of nitrogens with zero attached hydrogens (tertiary/aromatic N) is 5. The zero-order valence-corrected chi connectivity index (χ0v) is 20.9. The first kappa shape index (κ1) is 24.2. The fraction of sp³-hybridized carbons (Fsp3) is 0.440. The van der Waals surface area contributed by atoms with Crippen LogP contribution in [-0.2, 0) is 9.63 Å². The first-order valence-electron chi connectivity index (χ1n) is 12.1. The molecule has 0 unspecified atom stereocenters. The summed E-state index contributed by atoms with van der Waals surface area (Å²) in [6, 6.07) is 10.7. The number of piperazine rings is 1. The molecule has 2 aromatic rings. The highest BCUT2D eigenvalue weighted by atomic mass is 35.5. The normalized spacial score (nSPS) is 19.1. The van der Waals surface area contributed by atoms with E-state index in [1.54, 1.807) is 48.5 Å². The standard InChI is InChI=1S/C25H29ClN6O4/c1-35-19-6-4-18(5-7-19)28-24(34)32-11-8-25(9-12-32)17-21(29-36-25)23(33)31-15-13-30(14-16-31)22-20(26)3-2-10-27-22/h2-7,10H,8-9,11-17H2,1H3,(H,28,34). The van der Waals surface area contributed by atoms with E-state index in [0.29, 0.717) is 75.0 Å². The number of likely N-dealkylation sites (tertiary alicyclic amines) is 1. The lowest BCUT2D eigenvalue weighted by Gasteiger charge is -2.37. The van der Waals surface area contributed by atoms with Crippen LogP contribution in [0.3, 0.4) is 0 Å². The van der Waals surface area contributed by atoms with Crippen LogP contribution in [-0.4, -0.2) is 84.4 Å². The monoisotopic (exact) mass is 512 g/mol. The SMILES string of the molecule is COc1ccc(NC(=O)N2CCC3(CC2)CC(C(=O)N2CCN(c4ncccc4Cl)CC2)=NO3)cc1. The van der Waals surface area contributed by atoms with Gasteiger partial charge in [-0.05, 0) is 36.4 Å². The summed E-state index contributed by atoms with van der Waals surface area (Å²) in [5, 5.41) is 7.70. The lowest BCUT2D eigenvalue weighted by Crippen LogP contribution is -2.52. The van der Waals surface area contributed by atoms with Crippen LogP contribution >= 0.6 is 11.6 Å². The molecule has 190 valence electrons. The molecule has 0 aliphatic carbocycles. The Morgan fingerprint density at radius 1 is 1.03 bits per heavy atom. The van der Waals surface area contributed by atoms with Crippen LogP contribution in [0.25, 0.3) is 0 Å². The van der Waals surface area contributed by atoms with Crippen molar-refractivity contribution >= 4 is 40.8 Å². The minimum atomic E-state index is -0.523. The maximum absolute atomic E-state index is 13.1. The van der Waals surface area contributed by atoms with Gasteiger partial charge in [0.25, 0.3) is 5.91 Å². The molecule has 4 heterocycles. The number of pyridine rings is 1. The number of oxime groups is 1. The van der Waals surface area contributed by atoms with Crippen LogP contribution in [0.2, 0.25) is 5.02 Å². The van der Waals surface area contributed by atoms with E-state index in [1.165, 1.54) is 0 Å². The predicted molar refractivity (Wildman–Crippen MR) is 137 cm³/mol. The van der Waals surface area contributed by atoms with E-state index in [-0.39, 0.29) is 11.9 Å². The Hall–Kier alpha value is -3.53. The highest BCUT2D eigenvalue weighted by Crippen LogP contribution is 2.35. The smallest absolute Gasteiger partial charge is 0.321 e. The van der Waals surface area contributed by atoms with Gasteiger partial charge >= 0.3 is 6.03 Å². The average Bonchev–Trinajstić information content (AvgIpc) is 3.33. The molecule has 36 heavy (non-hydrogen) atoms. The number of hydrogen-bond donors (Lipinski definition) is 1. The van der Waals surface area contributed by atoms with Gasteiger partial charge in [-0.25, -0.2) is 9.78 Å². The number of piperidine rings is 1. The maximum Gasteiger partial charge on any atom is 0.321 e.